The zero-order valence-electron chi connectivity index (χ0n) is 11.7. The maximum atomic E-state index is 2.65. The van der Waals surface area contributed by atoms with Crippen LogP contribution in [0.15, 0.2) is 24.3 Å². The molecule has 1 aliphatic rings. The van der Waals surface area contributed by atoms with Gasteiger partial charge in [0.1, 0.15) is 0 Å². The number of hydrogen-bond acceptors (Lipinski definition) is 2. The van der Waals surface area contributed by atoms with Gasteiger partial charge in [0.25, 0.3) is 0 Å². The molecular weight excluding hydrogens is 238 g/mol. The van der Waals surface area contributed by atoms with Gasteiger partial charge in [-0.15, -0.1) is 0 Å². The maximum absolute atomic E-state index is 2.65. The minimum absolute atomic E-state index is 0.849. The minimum Gasteiger partial charge on any atom is -0.298 e. The highest BCUT2D eigenvalue weighted by molar-refractivity contribution is 7.99. The minimum atomic E-state index is 0.849. The molecule has 1 heterocycles. The first-order chi connectivity index (χ1) is 8.78. The molecule has 1 saturated heterocycles. The number of thioether (sulfide) groups is 1. The van der Waals surface area contributed by atoms with Crippen molar-refractivity contribution >= 4 is 11.8 Å². The number of benzene rings is 1. The number of hydrogen-bond donors (Lipinski definition) is 0. The number of aryl methyl sites for hydroxylation is 1. The third kappa shape index (κ3) is 4.33. The van der Waals surface area contributed by atoms with E-state index in [4.69, 9.17) is 0 Å². The standard InChI is InChI=1S/C16H25NS/c1-3-18-16-9-4-5-10-17(13-16)12-15-8-6-7-14(2)11-15/h6-8,11,16H,3-5,9-10,12-13H2,1-2H3. The van der Waals surface area contributed by atoms with E-state index in [0.717, 1.165) is 11.8 Å². The number of likely N-dealkylation sites (tertiary alicyclic amines) is 1. The van der Waals surface area contributed by atoms with Crippen molar-refractivity contribution in [3.63, 3.8) is 0 Å². The van der Waals surface area contributed by atoms with Gasteiger partial charge in [-0.25, -0.2) is 0 Å². The lowest BCUT2D eigenvalue weighted by Gasteiger charge is -2.24. The second-order valence-electron chi connectivity index (χ2n) is 5.30. The van der Waals surface area contributed by atoms with Crippen LogP contribution in [0.5, 0.6) is 0 Å². The zero-order valence-corrected chi connectivity index (χ0v) is 12.5. The van der Waals surface area contributed by atoms with E-state index in [2.05, 4.69) is 54.8 Å². The van der Waals surface area contributed by atoms with Gasteiger partial charge in [-0.05, 0) is 37.6 Å². The summed E-state index contributed by atoms with van der Waals surface area (Å²) in [6.45, 7) is 8.13. The molecule has 0 aliphatic carbocycles. The van der Waals surface area contributed by atoms with Crippen LogP contribution < -0.4 is 0 Å². The van der Waals surface area contributed by atoms with Crippen LogP contribution in [0.25, 0.3) is 0 Å². The lowest BCUT2D eigenvalue weighted by atomic mass is 10.1. The predicted octanol–water partition coefficient (Wildman–Crippen LogP) is 4.10. The van der Waals surface area contributed by atoms with Gasteiger partial charge in [0, 0.05) is 18.3 Å². The van der Waals surface area contributed by atoms with Gasteiger partial charge in [-0.3, -0.25) is 4.90 Å². The van der Waals surface area contributed by atoms with Crippen molar-refractivity contribution in [1.29, 1.82) is 0 Å². The normalized spacial score (nSPS) is 21.8. The fourth-order valence-electron chi connectivity index (χ4n) is 2.76. The van der Waals surface area contributed by atoms with Crippen LogP contribution in [0.3, 0.4) is 0 Å². The van der Waals surface area contributed by atoms with Crippen LogP contribution in [0.2, 0.25) is 0 Å². The first-order valence-corrected chi connectivity index (χ1v) is 8.22. The molecule has 0 spiro atoms. The van der Waals surface area contributed by atoms with E-state index in [1.54, 1.807) is 0 Å². The summed E-state index contributed by atoms with van der Waals surface area (Å²) in [5, 5.41) is 0.849. The molecular formula is C16H25NS. The fourth-order valence-corrected chi connectivity index (χ4v) is 3.88. The van der Waals surface area contributed by atoms with E-state index in [1.165, 1.54) is 49.2 Å². The summed E-state index contributed by atoms with van der Waals surface area (Å²) >= 11 is 2.14. The van der Waals surface area contributed by atoms with Crippen LogP contribution >= 0.6 is 11.8 Å². The molecule has 0 saturated carbocycles. The maximum Gasteiger partial charge on any atom is 0.0234 e. The van der Waals surface area contributed by atoms with Gasteiger partial charge >= 0.3 is 0 Å². The van der Waals surface area contributed by atoms with Crippen molar-refractivity contribution in [1.82, 2.24) is 4.90 Å². The second-order valence-corrected chi connectivity index (χ2v) is 6.87. The fraction of sp³-hybridized carbons (Fsp3) is 0.625. The van der Waals surface area contributed by atoms with Gasteiger partial charge in [0.05, 0.1) is 0 Å². The molecule has 1 aliphatic heterocycles. The van der Waals surface area contributed by atoms with Crippen LogP contribution in [-0.2, 0) is 6.54 Å². The number of rotatable bonds is 4. The summed E-state index contributed by atoms with van der Waals surface area (Å²) in [5.41, 5.74) is 2.85. The molecule has 1 nitrogen and oxygen atoms in total. The van der Waals surface area contributed by atoms with Crippen molar-refractivity contribution in [2.45, 2.75) is 44.9 Å². The molecule has 1 fully saturated rings. The molecule has 2 heteroatoms. The van der Waals surface area contributed by atoms with Crippen LogP contribution in [0, 0.1) is 6.92 Å². The first-order valence-electron chi connectivity index (χ1n) is 7.17. The lowest BCUT2D eigenvalue weighted by Crippen LogP contribution is -2.29. The third-order valence-corrected chi connectivity index (χ3v) is 4.79. The van der Waals surface area contributed by atoms with Gasteiger partial charge in [-0.1, -0.05) is 43.2 Å². The van der Waals surface area contributed by atoms with Gasteiger partial charge < -0.3 is 0 Å². The van der Waals surface area contributed by atoms with Crippen molar-refractivity contribution < 1.29 is 0 Å². The Balaban J connectivity index is 1.94. The Kier molecular flexibility index (Phi) is 5.58. The van der Waals surface area contributed by atoms with E-state index >= 15 is 0 Å². The quantitative estimate of drug-likeness (QED) is 0.804. The van der Waals surface area contributed by atoms with Crippen molar-refractivity contribution in [3.05, 3.63) is 35.4 Å². The van der Waals surface area contributed by atoms with Crippen LogP contribution in [0.4, 0.5) is 0 Å². The second kappa shape index (κ2) is 7.20. The van der Waals surface area contributed by atoms with Crippen molar-refractivity contribution in [2.24, 2.45) is 0 Å². The number of nitrogens with zero attached hydrogens (tertiary/aromatic N) is 1. The first kappa shape index (κ1) is 14.0. The van der Waals surface area contributed by atoms with E-state index in [1.807, 2.05) is 0 Å². The predicted molar refractivity (Wildman–Crippen MR) is 82.2 cm³/mol. The summed E-state index contributed by atoms with van der Waals surface area (Å²) in [7, 11) is 0. The summed E-state index contributed by atoms with van der Waals surface area (Å²) in [5.74, 6) is 1.25. The Hall–Kier alpha value is -0.470. The van der Waals surface area contributed by atoms with E-state index in [-0.39, 0.29) is 0 Å². The Labute approximate surface area is 116 Å². The lowest BCUT2D eigenvalue weighted by molar-refractivity contribution is 0.279. The highest BCUT2D eigenvalue weighted by Gasteiger charge is 2.17. The molecule has 1 atom stereocenters. The average molecular weight is 263 g/mol. The Morgan fingerprint density at radius 1 is 1.33 bits per heavy atom. The summed E-state index contributed by atoms with van der Waals surface area (Å²) in [6, 6.07) is 8.95. The molecule has 0 N–H and O–H groups in total. The van der Waals surface area contributed by atoms with Crippen molar-refractivity contribution in [3.8, 4) is 0 Å². The molecule has 2 rings (SSSR count). The van der Waals surface area contributed by atoms with Gasteiger partial charge in [0.2, 0.25) is 0 Å². The summed E-state index contributed by atoms with van der Waals surface area (Å²) in [4.78, 5) is 2.65. The van der Waals surface area contributed by atoms with E-state index < -0.39 is 0 Å². The Bertz CT molecular complexity index is 364. The molecule has 100 valence electrons. The van der Waals surface area contributed by atoms with Crippen molar-refractivity contribution in [2.75, 3.05) is 18.8 Å². The SMILES string of the molecule is CCSC1CCCCN(Cc2cccc(C)c2)C1. The van der Waals surface area contributed by atoms with Gasteiger partial charge in [0.15, 0.2) is 0 Å². The molecule has 1 aromatic carbocycles. The van der Waals surface area contributed by atoms with E-state index in [0.29, 0.717) is 0 Å². The third-order valence-electron chi connectivity index (χ3n) is 3.60. The summed E-state index contributed by atoms with van der Waals surface area (Å²) in [6.07, 6.45) is 4.18. The Morgan fingerprint density at radius 3 is 3.00 bits per heavy atom. The topological polar surface area (TPSA) is 3.24 Å². The molecule has 0 amide bonds. The van der Waals surface area contributed by atoms with Crippen LogP contribution in [-0.4, -0.2) is 29.0 Å². The molecule has 0 radical (unpaired) electrons. The summed E-state index contributed by atoms with van der Waals surface area (Å²) < 4.78 is 0. The molecule has 0 aromatic heterocycles. The Morgan fingerprint density at radius 2 is 2.22 bits per heavy atom. The monoisotopic (exact) mass is 263 g/mol. The molecule has 0 bridgehead atoms. The van der Waals surface area contributed by atoms with Crippen LogP contribution in [0.1, 0.15) is 37.3 Å². The van der Waals surface area contributed by atoms with Gasteiger partial charge in [-0.2, -0.15) is 11.8 Å². The molecule has 18 heavy (non-hydrogen) atoms. The molecule has 1 unspecified atom stereocenters. The average Bonchev–Trinajstić information content (AvgIpc) is 2.55. The highest BCUT2D eigenvalue weighted by atomic mass is 32.2. The molecule has 1 aromatic rings. The smallest absolute Gasteiger partial charge is 0.0234 e. The zero-order chi connectivity index (χ0) is 12.8. The highest BCUT2D eigenvalue weighted by Crippen LogP contribution is 2.23. The largest absolute Gasteiger partial charge is 0.298 e. The van der Waals surface area contributed by atoms with E-state index in [9.17, 15) is 0 Å².